The first-order chi connectivity index (χ1) is 6.28. The molecule has 0 bridgehead atoms. The van der Waals surface area contributed by atoms with Gasteiger partial charge < -0.3 is 5.73 Å². The van der Waals surface area contributed by atoms with Gasteiger partial charge in [0, 0.05) is 36.2 Å². The molecule has 1 aliphatic carbocycles. The van der Waals surface area contributed by atoms with Gasteiger partial charge in [-0.3, -0.25) is 4.90 Å². The van der Waals surface area contributed by atoms with E-state index in [0.717, 1.165) is 12.6 Å². The highest BCUT2D eigenvalue weighted by Crippen LogP contribution is 2.39. The lowest BCUT2D eigenvalue weighted by atomic mass is 9.74. The number of thioether (sulfide) groups is 1. The van der Waals surface area contributed by atoms with Gasteiger partial charge in [0.05, 0.1) is 0 Å². The van der Waals surface area contributed by atoms with Crippen molar-refractivity contribution in [2.24, 2.45) is 5.73 Å². The Morgan fingerprint density at radius 1 is 1.54 bits per heavy atom. The van der Waals surface area contributed by atoms with Gasteiger partial charge in [0.2, 0.25) is 0 Å². The predicted octanol–water partition coefficient (Wildman–Crippen LogP) is 1.31. The molecular weight excluding hydrogens is 180 g/mol. The molecule has 0 amide bonds. The smallest absolute Gasteiger partial charge is 0.0335 e. The van der Waals surface area contributed by atoms with Crippen molar-refractivity contribution in [2.75, 3.05) is 24.6 Å². The first-order valence-corrected chi connectivity index (χ1v) is 6.48. The lowest BCUT2D eigenvalue weighted by Crippen LogP contribution is -2.63. The first kappa shape index (κ1) is 9.81. The van der Waals surface area contributed by atoms with E-state index < -0.39 is 0 Å². The van der Waals surface area contributed by atoms with Crippen LogP contribution in [0.5, 0.6) is 0 Å². The molecule has 1 heterocycles. The molecule has 3 heteroatoms. The van der Waals surface area contributed by atoms with E-state index in [2.05, 4.69) is 23.6 Å². The van der Waals surface area contributed by atoms with Gasteiger partial charge in [-0.2, -0.15) is 11.8 Å². The molecule has 0 aromatic carbocycles. The third-order valence-corrected chi connectivity index (χ3v) is 4.83. The van der Waals surface area contributed by atoms with Gasteiger partial charge in [-0.05, 0) is 26.2 Å². The van der Waals surface area contributed by atoms with E-state index in [1.807, 2.05) is 0 Å². The molecule has 0 spiro atoms. The second kappa shape index (κ2) is 3.79. The van der Waals surface area contributed by atoms with Gasteiger partial charge in [-0.15, -0.1) is 0 Å². The summed E-state index contributed by atoms with van der Waals surface area (Å²) in [6.07, 6.45) is 4.05. The van der Waals surface area contributed by atoms with Crippen LogP contribution in [0.15, 0.2) is 0 Å². The topological polar surface area (TPSA) is 29.3 Å². The van der Waals surface area contributed by atoms with Crippen LogP contribution in [-0.2, 0) is 0 Å². The third kappa shape index (κ3) is 1.62. The van der Waals surface area contributed by atoms with E-state index in [1.54, 1.807) is 0 Å². The summed E-state index contributed by atoms with van der Waals surface area (Å²) < 4.78 is 0. The summed E-state index contributed by atoms with van der Waals surface area (Å²) in [5, 5.41) is 0. The SMILES string of the molecule is CC1CSCCN1C1(CN)CCC1. The lowest BCUT2D eigenvalue weighted by Gasteiger charge is -2.53. The molecule has 2 fully saturated rings. The largest absolute Gasteiger partial charge is 0.329 e. The summed E-state index contributed by atoms with van der Waals surface area (Å²) in [7, 11) is 0. The minimum atomic E-state index is 0.403. The van der Waals surface area contributed by atoms with Gasteiger partial charge in [0.1, 0.15) is 0 Å². The van der Waals surface area contributed by atoms with Crippen LogP contribution in [-0.4, -0.2) is 41.1 Å². The molecule has 1 saturated carbocycles. The van der Waals surface area contributed by atoms with Crippen molar-refractivity contribution in [1.82, 2.24) is 4.90 Å². The maximum absolute atomic E-state index is 5.91. The third-order valence-electron chi connectivity index (χ3n) is 3.64. The van der Waals surface area contributed by atoms with Crippen molar-refractivity contribution < 1.29 is 0 Å². The molecule has 2 aliphatic rings. The van der Waals surface area contributed by atoms with Crippen LogP contribution < -0.4 is 5.73 Å². The molecule has 2 nitrogen and oxygen atoms in total. The minimum Gasteiger partial charge on any atom is -0.329 e. The lowest BCUT2D eigenvalue weighted by molar-refractivity contribution is 0.00346. The highest BCUT2D eigenvalue weighted by atomic mass is 32.2. The Kier molecular flexibility index (Phi) is 2.86. The summed E-state index contributed by atoms with van der Waals surface area (Å²) >= 11 is 2.09. The van der Waals surface area contributed by atoms with Crippen LogP contribution in [0.25, 0.3) is 0 Å². The number of rotatable bonds is 2. The quantitative estimate of drug-likeness (QED) is 0.728. The average molecular weight is 200 g/mol. The van der Waals surface area contributed by atoms with E-state index in [1.165, 1.54) is 37.3 Å². The second-order valence-electron chi connectivity index (χ2n) is 4.40. The molecule has 0 aromatic rings. The van der Waals surface area contributed by atoms with Crippen LogP contribution in [0.3, 0.4) is 0 Å². The van der Waals surface area contributed by atoms with Crippen molar-refractivity contribution in [3.63, 3.8) is 0 Å². The number of nitrogens with zero attached hydrogens (tertiary/aromatic N) is 1. The van der Waals surface area contributed by atoms with Crippen LogP contribution >= 0.6 is 11.8 Å². The van der Waals surface area contributed by atoms with E-state index in [-0.39, 0.29) is 0 Å². The van der Waals surface area contributed by atoms with Gasteiger partial charge in [0.25, 0.3) is 0 Å². The monoisotopic (exact) mass is 200 g/mol. The Labute approximate surface area is 85.2 Å². The summed E-state index contributed by atoms with van der Waals surface area (Å²) in [4.78, 5) is 2.67. The molecule has 0 aromatic heterocycles. The highest BCUT2D eigenvalue weighted by Gasteiger charge is 2.43. The summed E-state index contributed by atoms with van der Waals surface area (Å²) in [6, 6.07) is 0.739. The molecule has 2 N–H and O–H groups in total. The van der Waals surface area contributed by atoms with Crippen LogP contribution in [0.1, 0.15) is 26.2 Å². The maximum atomic E-state index is 5.91. The van der Waals surface area contributed by atoms with Crippen molar-refractivity contribution in [3.8, 4) is 0 Å². The number of hydrogen-bond donors (Lipinski definition) is 1. The Morgan fingerprint density at radius 3 is 2.77 bits per heavy atom. The zero-order chi connectivity index (χ0) is 9.31. The zero-order valence-electron chi connectivity index (χ0n) is 8.46. The zero-order valence-corrected chi connectivity index (χ0v) is 9.28. The number of hydrogen-bond acceptors (Lipinski definition) is 3. The molecule has 1 aliphatic heterocycles. The van der Waals surface area contributed by atoms with Crippen molar-refractivity contribution in [1.29, 1.82) is 0 Å². The van der Waals surface area contributed by atoms with Crippen LogP contribution in [0, 0.1) is 0 Å². The molecule has 0 radical (unpaired) electrons. The standard InChI is InChI=1S/C10H20N2S/c1-9-7-13-6-5-12(9)10(8-11)3-2-4-10/h9H,2-8,11H2,1H3. The Morgan fingerprint density at radius 2 is 2.31 bits per heavy atom. The van der Waals surface area contributed by atoms with E-state index >= 15 is 0 Å². The fourth-order valence-corrected chi connectivity index (χ4v) is 3.64. The van der Waals surface area contributed by atoms with Crippen molar-refractivity contribution in [2.45, 2.75) is 37.8 Å². The Hall–Kier alpha value is 0.270. The van der Waals surface area contributed by atoms with Gasteiger partial charge in [-0.1, -0.05) is 0 Å². The van der Waals surface area contributed by atoms with Crippen LogP contribution in [0.4, 0.5) is 0 Å². The predicted molar refractivity (Wildman–Crippen MR) is 59.1 cm³/mol. The molecule has 76 valence electrons. The van der Waals surface area contributed by atoms with E-state index in [0.29, 0.717) is 5.54 Å². The summed E-state index contributed by atoms with van der Waals surface area (Å²) in [5.41, 5.74) is 6.32. The van der Waals surface area contributed by atoms with Gasteiger partial charge >= 0.3 is 0 Å². The summed E-state index contributed by atoms with van der Waals surface area (Å²) in [5.74, 6) is 2.59. The maximum Gasteiger partial charge on any atom is 0.0335 e. The van der Waals surface area contributed by atoms with Crippen molar-refractivity contribution >= 4 is 11.8 Å². The van der Waals surface area contributed by atoms with E-state index in [9.17, 15) is 0 Å². The molecule has 1 unspecified atom stereocenters. The molecular formula is C10H20N2S. The van der Waals surface area contributed by atoms with E-state index in [4.69, 9.17) is 5.73 Å². The fourth-order valence-electron chi connectivity index (χ4n) is 2.63. The molecule has 1 atom stereocenters. The van der Waals surface area contributed by atoms with Gasteiger partial charge in [-0.25, -0.2) is 0 Å². The van der Waals surface area contributed by atoms with Crippen LogP contribution in [0.2, 0.25) is 0 Å². The molecule has 2 rings (SSSR count). The highest BCUT2D eigenvalue weighted by molar-refractivity contribution is 7.99. The summed E-state index contributed by atoms with van der Waals surface area (Å²) in [6.45, 7) is 4.47. The normalized spacial score (nSPS) is 34.2. The van der Waals surface area contributed by atoms with Crippen molar-refractivity contribution in [3.05, 3.63) is 0 Å². The fraction of sp³-hybridized carbons (Fsp3) is 1.00. The van der Waals surface area contributed by atoms with Gasteiger partial charge in [0.15, 0.2) is 0 Å². The Bertz CT molecular complexity index is 174. The Balaban J connectivity index is 2.03. The molecule has 13 heavy (non-hydrogen) atoms. The molecule has 1 saturated heterocycles. The minimum absolute atomic E-state index is 0.403. The number of nitrogens with two attached hydrogens (primary N) is 1. The second-order valence-corrected chi connectivity index (χ2v) is 5.55. The first-order valence-electron chi connectivity index (χ1n) is 5.33. The average Bonchev–Trinajstić information content (AvgIpc) is 2.07.